The van der Waals surface area contributed by atoms with Crippen molar-refractivity contribution in [2.45, 2.75) is 39.7 Å². The van der Waals surface area contributed by atoms with Crippen LogP contribution < -0.4 is 11.5 Å². The summed E-state index contributed by atoms with van der Waals surface area (Å²) in [5, 5.41) is 1.39. The van der Waals surface area contributed by atoms with Gasteiger partial charge in [0, 0.05) is 18.1 Å². The smallest absolute Gasteiger partial charge is 0.0513 e. The van der Waals surface area contributed by atoms with Crippen molar-refractivity contribution < 1.29 is 0 Å². The number of nitrogens with zero attached hydrogens (tertiary/aromatic N) is 1. The fourth-order valence-corrected chi connectivity index (χ4v) is 2.84. The second kappa shape index (κ2) is 6.22. The average Bonchev–Trinajstić information content (AvgIpc) is 2.72. The zero-order chi connectivity index (χ0) is 13.8. The SMILES string of the molecule is Cc1cc(C)c2c(c1)c(CCCN)cn2CCCN. The standard InChI is InChI=1S/C16H25N3/c1-12-9-13(2)16-15(10-12)14(5-3-6-17)11-19(16)8-4-7-18/h9-11H,3-8,17-18H2,1-2H3. The second-order valence-corrected chi connectivity index (χ2v) is 5.36. The molecule has 0 fully saturated rings. The molecular weight excluding hydrogens is 234 g/mol. The van der Waals surface area contributed by atoms with E-state index in [0.717, 1.165) is 38.9 Å². The fraction of sp³-hybridized carbons (Fsp3) is 0.500. The number of benzene rings is 1. The van der Waals surface area contributed by atoms with Crippen molar-refractivity contribution in [1.82, 2.24) is 4.57 Å². The Kier molecular flexibility index (Phi) is 4.61. The van der Waals surface area contributed by atoms with Gasteiger partial charge in [-0.25, -0.2) is 0 Å². The van der Waals surface area contributed by atoms with Crippen LogP contribution in [0.15, 0.2) is 18.3 Å². The van der Waals surface area contributed by atoms with Gasteiger partial charge >= 0.3 is 0 Å². The van der Waals surface area contributed by atoms with Crippen LogP contribution >= 0.6 is 0 Å². The monoisotopic (exact) mass is 259 g/mol. The molecule has 1 aromatic heterocycles. The van der Waals surface area contributed by atoms with Crippen LogP contribution in [0.5, 0.6) is 0 Å². The van der Waals surface area contributed by atoms with E-state index < -0.39 is 0 Å². The van der Waals surface area contributed by atoms with E-state index in [2.05, 4.69) is 36.7 Å². The Morgan fingerprint density at radius 3 is 2.47 bits per heavy atom. The van der Waals surface area contributed by atoms with Crippen LogP contribution in [0.2, 0.25) is 0 Å². The Balaban J connectivity index is 2.49. The molecule has 3 nitrogen and oxygen atoms in total. The Labute approximate surface area is 115 Å². The molecule has 0 unspecified atom stereocenters. The molecule has 0 aliphatic carbocycles. The molecule has 1 heterocycles. The van der Waals surface area contributed by atoms with E-state index >= 15 is 0 Å². The molecule has 0 saturated heterocycles. The minimum absolute atomic E-state index is 0.739. The Hall–Kier alpha value is -1.32. The number of rotatable bonds is 6. The number of hydrogen-bond acceptors (Lipinski definition) is 2. The molecule has 0 radical (unpaired) electrons. The summed E-state index contributed by atoms with van der Waals surface area (Å²) in [4.78, 5) is 0. The van der Waals surface area contributed by atoms with Crippen LogP contribution in [-0.2, 0) is 13.0 Å². The first kappa shape index (κ1) is 14.1. The van der Waals surface area contributed by atoms with E-state index in [1.807, 2.05) is 0 Å². The van der Waals surface area contributed by atoms with Crippen molar-refractivity contribution in [3.63, 3.8) is 0 Å². The topological polar surface area (TPSA) is 57.0 Å². The van der Waals surface area contributed by atoms with Gasteiger partial charge in [-0.1, -0.05) is 11.6 Å². The lowest BCUT2D eigenvalue weighted by Crippen LogP contribution is -2.05. The van der Waals surface area contributed by atoms with Gasteiger partial charge in [0.2, 0.25) is 0 Å². The highest BCUT2D eigenvalue weighted by Gasteiger charge is 2.10. The lowest BCUT2D eigenvalue weighted by Gasteiger charge is -2.07. The van der Waals surface area contributed by atoms with Gasteiger partial charge in [0.1, 0.15) is 0 Å². The molecule has 0 spiro atoms. The van der Waals surface area contributed by atoms with Crippen molar-refractivity contribution in [1.29, 1.82) is 0 Å². The summed E-state index contributed by atoms with van der Waals surface area (Å²) in [6.45, 7) is 6.85. The molecule has 19 heavy (non-hydrogen) atoms. The summed E-state index contributed by atoms with van der Waals surface area (Å²) in [5.41, 5.74) is 16.8. The highest BCUT2D eigenvalue weighted by atomic mass is 15.0. The molecular formula is C16H25N3. The van der Waals surface area contributed by atoms with Crippen molar-refractivity contribution in [3.05, 3.63) is 35.0 Å². The summed E-state index contributed by atoms with van der Waals surface area (Å²) in [7, 11) is 0. The molecule has 104 valence electrons. The van der Waals surface area contributed by atoms with Gasteiger partial charge in [-0.3, -0.25) is 0 Å². The van der Waals surface area contributed by atoms with Gasteiger partial charge in [-0.2, -0.15) is 0 Å². The largest absolute Gasteiger partial charge is 0.347 e. The van der Waals surface area contributed by atoms with Crippen LogP contribution in [0.3, 0.4) is 0 Å². The molecule has 2 rings (SSSR count). The van der Waals surface area contributed by atoms with Crippen molar-refractivity contribution >= 4 is 10.9 Å². The quantitative estimate of drug-likeness (QED) is 0.837. The Morgan fingerprint density at radius 1 is 1.05 bits per heavy atom. The fourth-order valence-electron chi connectivity index (χ4n) is 2.84. The van der Waals surface area contributed by atoms with E-state index in [1.165, 1.54) is 27.6 Å². The van der Waals surface area contributed by atoms with Gasteiger partial charge in [-0.05, 0) is 63.4 Å². The van der Waals surface area contributed by atoms with Crippen LogP contribution in [0, 0.1) is 13.8 Å². The molecule has 0 amide bonds. The third-order valence-corrected chi connectivity index (χ3v) is 3.64. The van der Waals surface area contributed by atoms with E-state index in [-0.39, 0.29) is 0 Å². The summed E-state index contributed by atoms with van der Waals surface area (Å²) in [6, 6.07) is 4.56. The van der Waals surface area contributed by atoms with Crippen LogP contribution in [0.4, 0.5) is 0 Å². The van der Waals surface area contributed by atoms with Crippen molar-refractivity contribution in [2.24, 2.45) is 11.5 Å². The molecule has 0 atom stereocenters. The molecule has 1 aromatic carbocycles. The van der Waals surface area contributed by atoms with E-state index in [0.29, 0.717) is 0 Å². The lowest BCUT2D eigenvalue weighted by atomic mass is 10.0. The maximum Gasteiger partial charge on any atom is 0.0513 e. The van der Waals surface area contributed by atoms with Crippen LogP contribution in [0.25, 0.3) is 10.9 Å². The van der Waals surface area contributed by atoms with Gasteiger partial charge in [0.05, 0.1) is 5.52 Å². The van der Waals surface area contributed by atoms with Gasteiger partial charge in [0.25, 0.3) is 0 Å². The van der Waals surface area contributed by atoms with E-state index in [1.54, 1.807) is 0 Å². The minimum atomic E-state index is 0.739. The van der Waals surface area contributed by atoms with E-state index in [9.17, 15) is 0 Å². The number of aryl methyl sites for hydroxylation is 4. The van der Waals surface area contributed by atoms with Crippen molar-refractivity contribution in [2.75, 3.05) is 13.1 Å². The maximum atomic E-state index is 5.64. The predicted molar refractivity (Wildman–Crippen MR) is 82.5 cm³/mol. The third kappa shape index (κ3) is 2.99. The summed E-state index contributed by atoms with van der Waals surface area (Å²) in [6.07, 6.45) is 5.42. The minimum Gasteiger partial charge on any atom is -0.347 e. The predicted octanol–water partition coefficient (Wildman–Crippen LogP) is 2.50. The summed E-state index contributed by atoms with van der Waals surface area (Å²) >= 11 is 0. The first-order valence-corrected chi connectivity index (χ1v) is 7.16. The Morgan fingerprint density at radius 2 is 1.79 bits per heavy atom. The molecule has 3 heteroatoms. The summed E-state index contributed by atoms with van der Waals surface area (Å²) in [5.74, 6) is 0. The zero-order valence-corrected chi connectivity index (χ0v) is 12.1. The Bertz CT molecular complexity index is 555. The zero-order valence-electron chi connectivity index (χ0n) is 12.1. The third-order valence-electron chi connectivity index (χ3n) is 3.64. The number of hydrogen-bond donors (Lipinski definition) is 2. The van der Waals surface area contributed by atoms with Gasteiger partial charge < -0.3 is 16.0 Å². The normalized spacial score (nSPS) is 11.4. The number of nitrogens with two attached hydrogens (primary N) is 2. The highest BCUT2D eigenvalue weighted by molar-refractivity contribution is 5.87. The maximum absolute atomic E-state index is 5.64. The molecule has 0 bridgehead atoms. The molecule has 4 N–H and O–H groups in total. The van der Waals surface area contributed by atoms with Crippen LogP contribution in [0.1, 0.15) is 29.5 Å². The van der Waals surface area contributed by atoms with Gasteiger partial charge in [0.15, 0.2) is 0 Å². The summed E-state index contributed by atoms with van der Waals surface area (Å²) < 4.78 is 2.36. The number of fused-ring (bicyclic) bond motifs is 1. The van der Waals surface area contributed by atoms with Gasteiger partial charge in [-0.15, -0.1) is 0 Å². The number of aromatic nitrogens is 1. The molecule has 0 aliphatic rings. The second-order valence-electron chi connectivity index (χ2n) is 5.36. The first-order valence-electron chi connectivity index (χ1n) is 7.16. The lowest BCUT2D eigenvalue weighted by molar-refractivity contribution is 0.667. The molecule has 2 aromatic rings. The highest BCUT2D eigenvalue weighted by Crippen LogP contribution is 2.27. The average molecular weight is 259 g/mol. The van der Waals surface area contributed by atoms with E-state index in [4.69, 9.17) is 11.5 Å². The van der Waals surface area contributed by atoms with Crippen molar-refractivity contribution in [3.8, 4) is 0 Å². The molecule has 0 aliphatic heterocycles. The van der Waals surface area contributed by atoms with Crippen LogP contribution in [-0.4, -0.2) is 17.7 Å². The molecule has 0 saturated carbocycles. The first-order chi connectivity index (χ1) is 9.17.